The molecule has 0 unspecified atom stereocenters. The van der Waals surface area contributed by atoms with Crippen molar-refractivity contribution < 1.29 is 9.47 Å². The predicted molar refractivity (Wildman–Crippen MR) is 105 cm³/mol. The van der Waals surface area contributed by atoms with E-state index in [1.54, 1.807) is 0 Å². The summed E-state index contributed by atoms with van der Waals surface area (Å²) in [4.78, 5) is 2.08. The molecule has 1 heterocycles. The summed E-state index contributed by atoms with van der Waals surface area (Å²) in [5.41, 5.74) is 6.00. The van der Waals surface area contributed by atoms with E-state index < -0.39 is 0 Å². The first kappa shape index (κ1) is 16.2. The maximum Gasteiger partial charge on any atom is 0.231 e. The van der Waals surface area contributed by atoms with Crippen molar-refractivity contribution >= 4 is 17.0 Å². The standard InChI is InChI=1S/C22H20N2O2/c1-24(2)19-10-5-16(6-11-19)22(15-3-8-18(23)9-4-15)17-7-12-20-21(13-17)26-14-25-20/h3-13,23H,14H2,1-2H3. The fraction of sp³-hybridized carbons (Fsp3) is 0.136. The molecular weight excluding hydrogens is 324 g/mol. The minimum atomic E-state index is 0.263. The zero-order chi connectivity index (χ0) is 18.1. The smallest absolute Gasteiger partial charge is 0.231 e. The Hall–Kier alpha value is -3.27. The third-order valence-electron chi connectivity index (χ3n) is 4.51. The van der Waals surface area contributed by atoms with Crippen molar-refractivity contribution in [1.82, 2.24) is 0 Å². The van der Waals surface area contributed by atoms with Gasteiger partial charge in [-0.2, -0.15) is 0 Å². The maximum atomic E-state index is 7.77. The molecule has 1 aliphatic heterocycles. The quantitative estimate of drug-likeness (QED) is 0.896. The normalized spacial score (nSPS) is 14.7. The molecule has 2 aromatic carbocycles. The van der Waals surface area contributed by atoms with Crippen molar-refractivity contribution in [2.75, 3.05) is 25.8 Å². The second kappa shape index (κ2) is 6.56. The van der Waals surface area contributed by atoms with Crippen molar-refractivity contribution in [2.45, 2.75) is 0 Å². The second-order valence-electron chi connectivity index (χ2n) is 6.46. The van der Waals surface area contributed by atoms with Gasteiger partial charge < -0.3 is 19.8 Å². The Morgan fingerprint density at radius 1 is 0.846 bits per heavy atom. The van der Waals surface area contributed by atoms with Crippen LogP contribution in [-0.2, 0) is 0 Å². The number of nitrogens with one attached hydrogen (secondary N) is 1. The van der Waals surface area contributed by atoms with E-state index in [0.717, 1.165) is 39.5 Å². The van der Waals surface area contributed by atoms with Crippen molar-refractivity contribution in [3.63, 3.8) is 0 Å². The van der Waals surface area contributed by atoms with Gasteiger partial charge in [-0.05, 0) is 58.7 Å². The summed E-state index contributed by atoms with van der Waals surface area (Å²) in [7, 11) is 4.06. The van der Waals surface area contributed by atoms with E-state index >= 15 is 0 Å². The minimum Gasteiger partial charge on any atom is -0.454 e. The summed E-state index contributed by atoms with van der Waals surface area (Å²) in [6, 6.07) is 14.5. The highest BCUT2D eigenvalue weighted by Gasteiger charge is 2.17. The van der Waals surface area contributed by atoms with E-state index in [4.69, 9.17) is 14.9 Å². The topological polar surface area (TPSA) is 45.6 Å². The van der Waals surface area contributed by atoms with Crippen LogP contribution in [0.4, 0.5) is 5.69 Å². The first-order valence-corrected chi connectivity index (χ1v) is 8.48. The van der Waals surface area contributed by atoms with Gasteiger partial charge in [-0.15, -0.1) is 0 Å². The molecule has 4 rings (SSSR count). The number of nitrogens with zero attached hydrogens (tertiary/aromatic N) is 1. The van der Waals surface area contributed by atoms with Gasteiger partial charge in [0.25, 0.3) is 0 Å². The van der Waals surface area contributed by atoms with Gasteiger partial charge in [0.15, 0.2) is 11.5 Å². The Kier molecular flexibility index (Phi) is 4.09. The molecule has 0 saturated carbocycles. The number of rotatable bonds is 3. The number of hydrogen-bond donors (Lipinski definition) is 1. The molecule has 0 bridgehead atoms. The molecule has 4 heteroatoms. The molecule has 2 aromatic rings. The maximum absolute atomic E-state index is 7.77. The van der Waals surface area contributed by atoms with Crippen LogP contribution < -0.4 is 14.4 Å². The number of allylic oxidation sites excluding steroid dienone is 5. The van der Waals surface area contributed by atoms with Crippen LogP contribution in [0.25, 0.3) is 5.57 Å². The largest absolute Gasteiger partial charge is 0.454 e. The summed E-state index contributed by atoms with van der Waals surface area (Å²) in [5.74, 6) is 1.54. The number of benzene rings is 2. The lowest BCUT2D eigenvalue weighted by Gasteiger charge is -2.17. The predicted octanol–water partition coefficient (Wildman–Crippen LogP) is 4.43. The van der Waals surface area contributed by atoms with Crippen LogP contribution in [0.15, 0.2) is 72.3 Å². The van der Waals surface area contributed by atoms with Gasteiger partial charge in [0.2, 0.25) is 6.79 Å². The van der Waals surface area contributed by atoms with Gasteiger partial charge in [0.05, 0.1) is 5.71 Å². The fourth-order valence-corrected chi connectivity index (χ4v) is 3.12. The third kappa shape index (κ3) is 3.02. The molecule has 2 aliphatic rings. The minimum absolute atomic E-state index is 0.263. The molecule has 4 nitrogen and oxygen atoms in total. The van der Waals surface area contributed by atoms with Crippen LogP contribution in [0.5, 0.6) is 11.5 Å². The summed E-state index contributed by atoms with van der Waals surface area (Å²) in [6.07, 6.45) is 7.61. The van der Waals surface area contributed by atoms with Crippen LogP contribution in [0, 0.1) is 5.41 Å². The molecule has 130 valence electrons. The van der Waals surface area contributed by atoms with E-state index in [9.17, 15) is 0 Å². The molecule has 26 heavy (non-hydrogen) atoms. The van der Waals surface area contributed by atoms with Crippen molar-refractivity contribution in [1.29, 1.82) is 5.41 Å². The van der Waals surface area contributed by atoms with Gasteiger partial charge in [0.1, 0.15) is 0 Å². The van der Waals surface area contributed by atoms with Crippen molar-refractivity contribution in [3.05, 3.63) is 83.5 Å². The van der Waals surface area contributed by atoms with Crippen LogP contribution in [0.3, 0.4) is 0 Å². The zero-order valence-electron chi connectivity index (χ0n) is 14.8. The number of hydrogen-bond acceptors (Lipinski definition) is 4. The van der Waals surface area contributed by atoms with E-state index in [1.807, 2.05) is 50.5 Å². The number of anilines is 1. The molecule has 0 saturated heterocycles. The first-order chi connectivity index (χ1) is 12.6. The Morgan fingerprint density at radius 2 is 1.50 bits per heavy atom. The van der Waals surface area contributed by atoms with Gasteiger partial charge in [-0.1, -0.05) is 30.4 Å². The summed E-state index contributed by atoms with van der Waals surface area (Å²) in [5, 5.41) is 7.77. The Morgan fingerprint density at radius 3 is 2.19 bits per heavy atom. The zero-order valence-corrected chi connectivity index (χ0v) is 14.8. The van der Waals surface area contributed by atoms with Crippen molar-refractivity contribution in [2.24, 2.45) is 0 Å². The highest BCUT2D eigenvalue weighted by atomic mass is 16.7. The van der Waals surface area contributed by atoms with Gasteiger partial charge >= 0.3 is 0 Å². The second-order valence-corrected chi connectivity index (χ2v) is 6.46. The molecule has 0 spiro atoms. The molecule has 0 fully saturated rings. The Bertz CT molecular complexity index is 933. The van der Waals surface area contributed by atoms with E-state index in [-0.39, 0.29) is 6.79 Å². The van der Waals surface area contributed by atoms with E-state index in [1.165, 1.54) is 0 Å². The first-order valence-electron chi connectivity index (χ1n) is 8.48. The summed E-state index contributed by atoms with van der Waals surface area (Å²) < 4.78 is 11.0. The van der Waals surface area contributed by atoms with Crippen LogP contribution in [-0.4, -0.2) is 26.6 Å². The highest BCUT2D eigenvalue weighted by Crippen LogP contribution is 2.38. The third-order valence-corrected chi connectivity index (χ3v) is 4.51. The molecule has 0 atom stereocenters. The van der Waals surface area contributed by atoms with Gasteiger partial charge in [-0.3, -0.25) is 0 Å². The van der Waals surface area contributed by atoms with E-state index in [2.05, 4.69) is 35.2 Å². The summed E-state index contributed by atoms with van der Waals surface area (Å²) >= 11 is 0. The van der Waals surface area contributed by atoms with Gasteiger partial charge in [-0.25, -0.2) is 0 Å². The lowest BCUT2D eigenvalue weighted by molar-refractivity contribution is 0.174. The number of ether oxygens (including phenoxy) is 2. The highest BCUT2D eigenvalue weighted by molar-refractivity contribution is 6.05. The van der Waals surface area contributed by atoms with Crippen LogP contribution >= 0.6 is 0 Å². The molecule has 0 aromatic heterocycles. The summed E-state index contributed by atoms with van der Waals surface area (Å²) in [6.45, 7) is 0.263. The SMILES string of the molecule is CN(C)c1ccc(C(=C2C=CC(=N)C=C2)c2ccc3c(c2)OCO3)cc1. The average molecular weight is 344 g/mol. The Labute approximate surface area is 153 Å². The molecule has 0 amide bonds. The Balaban J connectivity index is 1.85. The lowest BCUT2D eigenvalue weighted by Crippen LogP contribution is -2.08. The van der Waals surface area contributed by atoms with Crippen LogP contribution in [0.2, 0.25) is 0 Å². The van der Waals surface area contributed by atoms with E-state index in [0.29, 0.717) is 5.71 Å². The molecule has 0 radical (unpaired) electrons. The lowest BCUT2D eigenvalue weighted by atomic mass is 9.90. The monoisotopic (exact) mass is 344 g/mol. The van der Waals surface area contributed by atoms with Gasteiger partial charge in [0, 0.05) is 19.8 Å². The average Bonchev–Trinajstić information content (AvgIpc) is 3.12. The van der Waals surface area contributed by atoms with Crippen molar-refractivity contribution in [3.8, 4) is 11.5 Å². The van der Waals surface area contributed by atoms with Crippen LogP contribution in [0.1, 0.15) is 11.1 Å². The molecule has 1 N–H and O–H groups in total. The molecule has 1 aliphatic carbocycles. The fourth-order valence-electron chi connectivity index (χ4n) is 3.12. The number of fused-ring (bicyclic) bond motifs is 1. The molecular formula is C22H20N2O2.